The molecule has 0 unspecified atom stereocenters. The minimum Gasteiger partial charge on any atom is -0.508 e. The Balaban J connectivity index is 2.30. The summed E-state index contributed by atoms with van der Waals surface area (Å²) >= 11 is 9.04. The van der Waals surface area contributed by atoms with Gasteiger partial charge in [-0.2, -0.15) is 0 Å². The smallest absolute Gasteiger partial charge is 0.255 e. The minimum atomic E-state index is -0.500. The molecule has 0 aromatic heterocycles. The van der Waals surface area contributed by atoms with Gasteiger partial charge in [0.05, 0.1) is 10.7 Å². The molecule has 2 aromatic carbocycles. The van der Waals surface area contributed by atoms with Gasteiger partial charge in [0.15, 0.2) is 0 Å². The third-order valence-corrected chi connectivity index (χ3v) is 3.63. The monoisotopic (exact) mass is 357 g/mol. The molecule has 0 aliphatic carbocycles. The second-order valence-electron chi connectivity index (χ2n) is 4.20. The number of benzene rings is 2. The molecule has 104 valence electrons. The lowest BCUT2D eigenvalue weighted by molar-refractivity contribution is 0.102. The van der Waals surface area contributed by atoms with Gasteiger partial charge >= 0.3 is 0 Å². The second-order valence-corrected chi connectivity index (χ2v) is 5.46. The van der Waals surface area contributed by atoms with E-state index in [4.69, 9.17) is 11.6 Å². The fourth-order valence-electron chi connectivity index (χ4n) is 1.64. The topological polar surface area (TPSA) is 49.3 Å². The predicted molar refractivity (Wildman–Crippen MR) is 79.9 cm³/mol. The van der Waals surface area contributed by atoms with Crippen molar-refractivity contribution in [2.24, 2.45) is 0 Å². The molecule has 0 bridgehead atoms. The molecule has 0 saturated heterocycles. The lowest BCUT2D eigenvalue weighted by Crippen LogP contribution is -2.13. The molecule has 6 heteroatoms. The third kappa shape index (κ3) is 3.11. The molecular weight excluding hydrogens is 349 g/mol. The molecule has 0 spiro atoms. The van der Waals surface area contributed by atoms with Crippen LogP contribution in [0, 0.1) is 12.7 Å². The predicted octanol–water partition coefficient (Wildman–Crippen LogP) is 4.51. The van der Waals surface area contributed by atoms with E-state index in [1.54, 1.807) is 13.0 Å². The first-order valence-corrected chi connectivity index (χ1v) is 6.81. The standard InChI is InChI=1S/C14H10BrClFNO2/c1-7-4-8(2-3-12(7)19)14(20)18-13-10(15)5-9(17)6-11(13)16/h2-6,19H,1H3,(H,18,20). The minimum absolute atomic E-state index is 0.0979. The van der Waals surface area contributed by atoms with Gasteiger partial charge in [0.1, 0.15) is 11.6 Å². The molecule has 0 atom stereocenters. The number of phenols is 1. The van der Waals surface area contributed by atoms with Crippen molar-refractivity contribution in [3.8, 4) is 5.75 Å². The SMILES string of the molecule is Cc1cc(C(=O)Nc2c(Cl)cc(F)cc2Br)ccc1O. The number of amides is 1. The van der Waals surface area contributed by atoms with E-state index in [2.05, 4.69) is 21.2 Å². The summed E-state index contributed by atoms with van der Waals surface area (Å²) in [5, 5.41) is 12.1. The number of halogens is 3. The van der Waals surface area contributed by atoms with E-state index in [0.717, 1.165) is 6.07 Å². The number of anilines is 1. The van der Waals surface area contributed by atoms with E-state index < -0.39 is 11.7 Å². The summed E-state index contributed by atoms with van der Waals surface area (Å²) in [5.74, 6) is -0.787. The van der Waals surface area contributed by atoms with Crippen LogP contribution >= 0.6 is 27.5 Å². The second kappa shape index (κ2) is 5.81. The van der Waals surface area contributed by atoms with E-state index in [1.807, 2.05) is 0 Å². The first-order valence-electron chi connectivity index (χ1n) is 5.64. The summed E-state index contributed by atoms with van der Waals surface area (Å²) in [5.41, 5.74) is 1.25. The molecule has 0 fully saturated rings. The number of hydrogen-bond acceptors (Lipinski definition) is 2. The van der Waals surface area contributed by atoms with Crippen molar-refractivity contribution in [1.29, 1.82) is 0 Å². The lowest BCUT2D eigenvalue weighted by Gasteiger charge is -2.10. The van der Waals surface area contributed by atoms with Gasteiger partial charge in [-0.1, -0.05) is 11.6 Å². The number of phenolic OH excluding ortho intramolecular Hbond substituents is 1. The first-order chi connectivity index (χ1) is 9.38. The summed E-state index contributed by atoms with van der Waals surface area (Å²) in [6.07, 6.45) is 0. The van der Waals surface area contributed by atoms with Gasteiger partial charge in [-0.05, 0) is 58.7 Å². The summed E-state index contributed by atoms with van der Waals surface area (Å²) in [6.45, 7) is 1.69. The van der Waals surface area contributed by atoms with Crippen LogP contribution in [-0.4, -0.2) is 11.0 Å². The van der Waals surface area contributed by atoms with Gasteiger partial charge in [0, 0.05) is 10.0 Å². The molecule has 2 rings (SSSR count). The van der Waals surface area contributed by atoms with Crippen molar-refractivity contribution < 1.29 is 14.3 Å². The Hall–Kier alpha value is -1.59. The highest BCUT2D eigenvalue weighted by atomic mass is 79.9. The summed E-state index contributed by atoms with van der Waals surface area (Å²) in [4.78, 5) is 12.1. The molecular formula is C14H10BrClFNO2. The Labute approximate surface area is 128 Å². The highest BCUT2D eigenvalue weighted by molar-refractivity contribution is 9.10. The highest BCUT2D eigenvalue weighted by Gasteiger charge is 2.13. The maximum absolute atomic E-state index is 13.1. The molecule has 0 aliphatic heterocycles. The molecule has 0 heterocycles. The van der Waals surface area contributed by atoms with Gasteiger partial charge in [-0.3, -0.25) is 4.79 Å². The number of aryl methyl sites for hydroxylation is 1. The summed E-state index contributed by atoms with van der Waals surface area (Å²) < 4.78 is 13.5. The number of hydrogen-bond donors (Lipinski definition) is 2. The molecule has 20 heavy (non-hydrogen) atoms. The van der Waals surface area contributed by atoms with Crippen molar-refractivity contribution in [3.63, 3.8) is 0 Å². The Morgan fingerprint density at radius 2 is 2.05 bits per heavy atom. The lowest BCUT2D eigenvalue weighted by atomic mass is 10.1. The Morgan fingerprint density at radius 1 is 1.35 bits per heavy atom. The number of carbonyl (C=O) groups excluding carboxylic acids is 1. The maximum atomic E-state index is 13.1. The highest BCUT2D eigenvalue weighted by Crippen LogP contribution is 2.32. The zero-order chi connectivity index (χ0) is 14.9. The quantitative estimate of drug-likeness (QED) is 0.830. The fourth-order valence-corrected chi connectivity index (χ4v) is 2.54. The van der Waals surface area contributed by atoms with Gasteiger partial charge < -0.3 is 10.4 Å². The van der Waals surface area contributed by atoms with Crippen LogP contribution in [-0.2, 0) is 0 Å². The molecule has 0 saturated carbocycles. The van der Waals surface area contributed by atoms with Crippen LogP contribution in [0.2, 0.25) is 5.02 Å². The van der Waals surface area contributed by atoms with E-state index in [9.17, 15) is 14.3 Å². The van der Waals surface area contributed by atoms with Gasteiger partial charge in [0.2, 0.25) is 0 Å². The molecule has 2 N–H and O–H groups in total. The Bertz CT molecular complexity index is 668. The van der Waals surface area contributed by atoms with E-state index >= 15 is 0 Å². The van der Waals surface area contributed by atoms with Crippen molar-refractivity contribution in [1.82, 2.24) is 0 Å². The Morgan fingerprint density at radius 3 is 2.65 bits per heavy atom. The van der Waals surface area contributed by atoms with Gasteiger partial charge in [-0.15, -0.1) is 0 Å². The van der Waals surface area contributed by atoms with Gasteiger partial charge in [-0.25, -0.2) is 4.39 Å². The van der Waals surface area contributed by atoms with Crippen LogP contribution in [0.4, 0.5) is 10.1 Å². The van der Waals surface area contributed by atoms with E-state index in [0.29, 0.717) is 21.3 Å². The van der Waals surface area contributed by atoms with E-state index in [-0.39, 0.29) is 10.8 Å². The summed E-state index contributed by atoms with van der Waals surface area (Å²) in [6, 6.07) is 6.80. The normalized spacial score (nSPS) is 10.4. The number of nitrogens with one attached hydrogen (secondary N) is 1. The maximum Gasteiger partial charge on any atom is 0.255 e. The van der Waals surface area contributed by atoms with Crippen LogP contribution < -0.4 is 5.32 Å². The third-order valence-electron chi connectivity index (χ3n) is 2.70. The van der Waals surface area contributed by atoms with Crippen LogP contribution in [0.15, 0.2) is 34.8 Å². The molecule has 0 radical (unpaired) electrons. The molecule has 0 aliphatic rings. The van der Waals surface area contributed by atoms with Crippen LogP contribution in [0.1, 0.15) is 15.9 Å². The van der Waals surface area contributed by atoms with E-state index in [1.165, 1.54) is 18.2 Å². The van der Waals surface area contributed by atoms with Crippen molar-refractivity contribution >= 4 is 39.1 Å². The number of carbonyl (C=O) groups is 1. The van der Waals surface area contributed by atoms with Crippen molar-refractivity contribution in [2.45, 2.75) is 6.92 Å². The summed E-state index contributed by atoms with van der Waals surface area (Å²) in [7, 11) is 0. The van der Waals surface area contributed by atoms with Crippen LogP contribution in [0.3, 0.4) is 0 Å². The van der Waals surface area contributed by atoms with Crippen molar-refractivity contribution in [2.75, 3.05) is 5.32 Å². The average Bonchev–Trinajstić information content (AvgIpc) is 2.36. The number of rotatable bonds is 2. The molecule has 1 amide bonds. The first kappa shape index (κ1) is 14.8. The zero-order valence-corrected chi connectivity index (χ0v) is 12.7. The van der Waals surface area contributed by atoms with Crippen LogP contribution in [0.25, 0.3) is 0 Å². The van der Waals surface area contributed by atoms with Crippen molar-refractivity contribution in [3.05, 3.63) is 56.8 Å². The molecule has 2 aromatic rings. The van der Waals surface area contributed by atoms with Crippen LogP contribution in [0.5, 0.6) is 5.75 Å². The largest absolute Gasteiger partial charge is 0.508 e. The average molecular weight is 359 g/mol. The number of aromatic hydroxyl groups is 1. The fraction of sp³-hybridized carbons (Fsp3) is 0.0714. The zero-order valence-electron chi connectivity index (χ0n) is 10.4. The Kier molecular flexibility index (Phi) is 4.30. The molecule has 3 nitrogen and oxygen atoms in total. The van der Waals surface area contributed by atoms with Gasteiger partial charge in [0.25, 0.3) is 5.91 Å².